The molecular weight excluding hydrogens is 554 g/mol. The topological polar surface area (TPSA) is 154 Å². The molecule has 3 aliphatic rings. The summed E-state index contributed by atoms with van der Waals surface area (Å²) in [5.41, 5.74) is -0.308. The summed E-state index contributed by atoms with van der Waals surface area (Å²) in [6.07, 6.45) is -5.82. The Morgan fingerprint density at radius 2 is 1.63 bits per heavy atom. The van der Waals surface area contributed by atoms with Crippen LogP contribution in [-0.4, -0.2) is 93.8 Å². The van der Waals surface area contributed by atoms with Crippen LogP contribution in [0.15, 0.2) is 53.1 Å². The summed E-state index contributed by atoms with van der Waals surface area (Å²) in [5, 5.41) is 45.7. The predicted octanol–water partition coefficient (Wildman–Crippen LogP) is 2.25. The van der Waals surface area contributed by atoms with Gasteiger partial charge in [-0.1, -0.05) is 50.3 Å². The van der Waals surface area contributed by atoms with Crippen LogP contribution in [0.25, 0.3) is 0 Å². The third-order valence-corrected chi connectivity index (χ3v) is 9.84. The van der Waals surface area contributed by atoms with E-state index in [9.17, 15) is 34.8 Å². The zero-order valence-corrected chi connectivity index (χ0v) is 26.0. The van der Waals surface area contributed by atoms with Gasteiger partial charge in [0.25, 0.3) is 0 Å². The lowest BCUT2D eigenvalue weighted by Crippen LogP contribution is -2.56. The van der Waals surface area contributed by atoms with Crippen molar-refractivity contribution in [3.63, 3.8) is 0 Å². The third-order valence-electron chi connectivity index (χ3n) is 9.84. The van der Waals surface area contributed by atoms with Crippen LogP contribution >= 0.6 is 0 Å². The molecule has 43 heavy (non-hydrogen) atoms. The van der Waals surface area contributed by atoms with E-state index in [1.165, 1.54) is 6.92 Å². The van der Waals surface area contributed by atoms with Crippen LogP contribution < -0.4 is 0 Å². The molecule has 0 aliphatic heterocycles. The van der Waals surface area contributed by atoms with E-state index in [4.69, 9.17) is 9.47 Å². The quantitative estimate of drug-likeness (QED) is 0.283. The van der Waals surface area contributed by atoms with Crippen LogP contribution in [0.1, 0.15) is 65.5 Å². The molecule has 4 bridgehead atoms. The second-order valence-corrected chi connectivity index (χ2v) is 13.3. The Hall–Kier alpha value is -2.89. The zero-order chi connectivity index (χ0) is 32.0. The Morgan fingerprint density at radius 3 is 2.21 bits per heavy atom. The molecule has 0 spiro atoms. The number of fused-ring (bicyclic) bond motifs is 4. The normalized spacial score (nSPS) is 33.8. The van der Waals surface area contributed by atoms with Gasteiger partial charge in [-0.15, -0.1) is 0 Å². The Bertz CT molecular complexity index is 1300. The molecule has 1 fully saturated rings. The molecule has 1 aromatic carbocycles. The maximum atomic E-state index is 14.0. The zero-order valence-electron chi connectivity index (χ0n) is 26.0. The van der Waals surface area contributed by atoms with E-state index in [1.807, 2.05) is 19.9 Å². The SMILES string of the molecule is CC(=O)O[C@H]1C[C@H]2[C@@H](O)C=C3C[C@](C)(C(=O)[C@H](O)C(=C1C)C2(C)C)[C@@H](O)C[C@@H]3OC(=O)[C@H](O)[C@H](c1ccccc1)N(C)C. The summed E-state index contributed by atoms with van der Waals surface area (Å²) < 4.78 is 11.4. The molecule has 0 unspecified atom stereocenters. The Morgan fingerprint density at radius 1 is 1.00 bits per heavy atom. The van der Waals surface area contributed by atoms with Crippen LogP contribution in [0.4, 0.5) is 0 Å². The van der Waals surface area contributed by atoms with E-state index < -0.39 is 77.1 Å². The van der Waals surface area contributed by atoms with Crippen molar-refractivity contribution in [2.75, 3.05) is 14.1 Å². The van der Waals surface area contributed by atoms with Crippen molar-refractivity contribution < 1.29 is 44.3 Å². The lowest BCUT2D eigenvalue weighted by molar-refractivity contribution is -0.166. The molecule has 4 N–H and O–H groups in total. The number of Topliss-reactive ketones (excluding diaryl/α,β-unsaturated/α-hetero) is 1. The van der Waals surface area contributed by atoms with Crippen molar-refractivity contribution in [1.29, 1.82) is 0 Å². The summed E-state index contributed by atoms with van der Waals surface area (Å²) in [4.78, 5) is 41.0. The summed E-state index contributed by atoms with van der Waals surface area (Å²) >= 11 is 0. The van der Waals surface area contributed by atoms with Gasteiger partial charge < -0.3 is 29.9 Å². The highest BCUT2D eigenvalue weighted by Crippen LogP contribution is 2.52. The molecule has 4 rings (SSSR count). The van der Waals surface area contributed by atoms with Crippen molar-refractivity contribution in [3.8, 4) is 0 Å². The van der Waals surface area contributed by atoms with Gasteiger partial charge in [-0.05, 0) is 68.5 Å². The van der Waals surface area contributed by atoms with Gasteiger partial charge in [0.15, 0.2) is 11.9 Å². The van der Waals surface area contributed by atoms with E-state index in [0.717, 1.165) is 0 Å². The molecule has 9 atom stereocenters. The highest BCUT2D eigenvalue weighted by molar-refractivity contribution is 5.92. The number of ether oxygens (including phenoxy) is 2. The van der Waals surface area contributed by atoms with Crippen molar-refractivity contribution >= 4 is 17.7 Å². The average molecular weight is 600 g/mol. The Balaban J connectivity index is 1.74. The number of carbonyl (C=O) groups excluding carboxylic acids is 3. The number of nitrogens with zero attached hydrogens (tertiary/aromatic N) is 1. The van der Waals surface area contributed by atoms with E-state index >= 15 is 0 Å². The Kier molecular flexibility index (Phi) is 9.40. The molecule has 0 heterocycles. The third kappa shape index (κ3) is 6.08. The lowest BCUT2D eigenvalue weighted by Gasteiger charge is -2.50. The smallest absolute Gasteiger partial charge is 0.337 e. The highest BCUT2D eigenvalue weighted by Gasteiger charge is 2.55. The number of ketones is 1. The molecule has 3 aliphatic carbocycles. The van der Waals surface area contributed by atoms with E-state index in [-0.39, 0.29) is 19.3 Å². The number of hydrogen-bond donors (Lipinski definition) is 4. The van der Waals surface area contributed by atoms with E-state index in [2.05, 4.69) is 0 Å². The first-order valence-corrected chi connectivity index (χ1v) is 14.8. The van der Waals surface area contributed by atoms with Gasteiger partial charge in [0.05, 0.1) is 23.7 Å². The largest absolute Gasteiger partial charge is 0.458 e. The fourth-order valence-electron chi connectivity index (χ4n) is 7.40. The second-order valence-electron chi connectivity index (χ2n) is 13.3. The summed E-state index contributed by atoms with van der Waals surface area (Å²) in [6, 6.07) is 8.34. The average Bonchev–Trinajstić information content (AvgIpc) is 2.91. The maximum Gasteiger partial charge on any atom is 0.337 e. The predicted molar refractivity (Wildman–Crippen MR) is 157 cm³/mol. The summed E-state index contributed by atoms with van der Waals surface area (Å²) in [7, 11) is 3.47. The number of likely N-dealkylation sites (N-methyl/N-ethyl adjacent to an activating group) is 1. The minimum Gasteiger partial charge on any atom is -0.458 e. The number of esters is 2. The van der Waals surface area contributed by atoms with Gasteiger partial charge in [0.2, 0.25) is 0 Å². The minimum atomic E-state index is -1.62. The van der Waals surface area contributed by atoms with Gasteiger partial charge in [-0.2, -0.15) is 0 Å². The molecule has 236 valence electrons. The van der Waals surface area contributed by atoms with E-state index in [1.54, 1.807) is 63.2 Å². The molecular formula is C33H45NO9. The first-order chi connectivity index (χ1) is 20.0. The first kappa shape index (κ1) is 33.0. The van der Waals surface area contributed by atoms with Crippen molar-refractivity contribution in [1.82, 2.24) is 4.90 Å². The van der Waals surface area contributed by atoms with Crippen LogP contribution in [0.2, 0.25) is 0 Å². The molecule has 1 saturated carbocycles. The fraction of sp³-hybridized carbons (Fsp3) is 0.606. The number of carbonyl (C=O) groups is 3. The number of aliphatic hydroxyl groups is 4. The van der Waals surface area contributed by atoms with Crippen molar-refractivity contribution in [3.05, 3.63) is 58.7 Å². The monoisotopic (exact) mass is 599 g/mol. The van der Waals surface area contributed by atoms with Crippen LogP contribution in [-0.2, 0) is 23.9 Å². The Labute approximate surface area is 253 Å². The van der Waals surface area contributed by atoms with E-state index in [0.29, 0.717) is 22.3 Å². The number of aliphatic hydroxyl groups excluding tert-OH is 4. The summed E-state index contributed by atoms with van der Waals surface area (Å²) in [5.74, 6) is -2.61. The van der Waals surface area contributed by atoms with Crippen molar-refractivity contribution in [2.45, 2.75) is 96.5 Å². The maximum absolute atomic E-state index is 14.0. The van der Waals surface area contributed by atoms with Gasteiger partial charge in [0.1, 0.15) is 18.3 Å². The highest BCUT2D eigenvalue weighted by atomic mass is 16.6. The second kappa shape index (κ2) is 12.2. The van der Waals surface area contributed by atoms with Crippen molar-refractivity contribution in [2.24, 2.45) is 16.7 Å². The molecule has 0 saturated heterocycles. The summed E-state index contributed by atoms with van der Waals surface area (Å²) in [6.45, 7) is 8.20. The van der Waals surface area contributed by atoms with Crippen LogP contribution in [0.5, 0.6) is 0 Å². The molecule has 0 aromatic heterocycles. The molecule has 10 heteroatoms. The number of hydrogen-bond acceptors (Lipinski definition) is 10. The lowest BCUT2D eigenvalue weighted by atomic mass is 9.57. The fourth-order valence-corrected chi connectivity index (χ4v) is 7.40. The standard InChI is InChI=1S/C33H45NO9/c1-17-23(42-18(2)35)14-21-22(36)13-20-16-33(5,30(40)28(38)26(17)32(21,3)4)25(37)15-24(20)43-31(41)29(39)27(34(6)7)19-11-9-8-10-12-19/h8-13,21-25,27-29,36-39H,14-16H2,1-7H3/t21-,22-,23-,24-,25-,27-,28+,29+,33-/m0/s1. The first-order valence-electron chi connectivity index (χ1n) is 14.8. The number of rotatable bonds is 6. The molecule has 10 nitrogen and oxygen atoms in total. The van der Waals surface area contributed by atoms with Gasteiger partial charge in [-0.3, -0.25) is 14.5 Å². The minimum absolute atomic E-state index is 0.0716. The molecule has 1 aromatic rings. The van der Waals surface area contributed by atoms with Gasteiger partial charge in [0, 0.05) is 19.3 Å². The van der Waals surface area contributed by atoms with Crippen LogP contribution in [0.3, 0.4) is 0 Å². The molecule has 0 radical (unpaired) electrons. The molecule has 0 amide bonds. The van der Waals surface area contributed by atoms with Gasteiger partial charge >= 0.3 is 11.9 Å². The number of benzene rings is 1. The van der Waals surface area contributed by atoms with Crippen LogP contribution in [0, 0.1) is 16.7 Å². The van der Waals surface area contributed by atoms with Gasteiger partial charge in [-0.25, -0.2) is 4.79 Å².